The highest BCUT2D eigenvalue weighted by atomic mass is 16.5. The number of methoxy groups -OCH3 is 1. The number of hydrogen-bond acceptors (Lipinski definition) is 6. The number of aromatic nitrogens is 1. The van der Waals surface area contributed by atoms with E-state index in [1.54, 1.807) is 31.6 Å². The van der Waals surface area contributed by atoms with Crippen LogP contribution in [0.4, 0.5) is 0 Å². The third-order valence-corrected chi connectivity index (χ3v) is 5.20. The summed E-state index contributed by atoms with van der Waals surface area (Å²) in [6, 6.07) is 17.1. The Bertz CT molecular complexity index is 1050. The highest BCUT2D eigenvalue weighted by Crippen LogP contribution is 2.47. The van der Waals surface area contributed by atoms with Crippen LogP contribution in [0, 0.1) is 0 Å². The van der Waals surface area contributed by atoms with Crippen molar-refractivity contribution in [1.29, 1.82) is 0 Å². The van der Waals surface area contributed by atoms with Gasteiger partial charge in [0, 0.05) is 35.5 Å². The number of rotatable bonds is 3. The SMILES string of the molecule is COc1ccc(O)c(C2=NN3[C@@H](C2)c2ccccc2O[C@H]3c2ccncc2)c1. The fourth-order valence-electron chi connectivity index (χ4n) is 3.82. The minimum atomic E-state index is -0.354. The van der Waals surface area contributed by atoms with E-state index >= 15 is 0 Å². The zero-order valence-electron chi connectivity index (χ0n) is 15.3. The number of fused-ring (bicyclic) bond motifs is 3. The number of aromatic hydroxyl groups is 1. The Kier molecular flexibility index (Phi) is 3.90. The van der Waals surface area contributed by atoms with Crippen molar-refractivity contribution in [3.63, 3.8) is 0 Å². The van der Waals surface area contributed by atoms with Gasteiger partial charge in [0.2, 0.25) is 6.23 Å². The fraction of sp³-hybridized carbons (Fsp3) is 0.182. The van der Waals surface area contributed by atoms with Crippen LogP contribution in [0.2, 0.25) is 0 Å². The van der Waals surface area contributed by atoms with Gasteiger partial charge in [-0.3, -0.25) is 4.98 Å². The topological polar surface area (TPSA) is 67.2 Å². The molecule has 2 aromatic carbocycles. The summed E-state index contributed by atoms with van der Waals surface area (Å²) in [6.45, 7) is 0. The lowest BCUT2D eigenvalue weighted by atomic mass is 9.95. The number of para-hydroxylation sites is 1. The summed E-state index contributed by atoms with van der Waals surface area (Å²) < 4.78 is 11.6. The molecule has 0 radical (unpaired) electrons. The van der Waals surface area contributed by atoms with E-state index in [1.165, 1.54) is 0 Å². The van der Waals surface area contributed by atoms with Gasteiger partial charge in [0.1, 0.15) is 17.2 Å². The van der Waals surface area contributed by atoms with Gasteiger partial charge < -0.3 is 14.6 Å². The molecule has 3 heterocycles. The minimum absolute atomic E-state index is 0.0312. The van der Waals surface area contributed by atoms with Gasteiger partial charge in [0.15, 0.2) is 0 Å². The van der Waals surface area contributed by atoms with Gasteiger partial charge >= 0.3 is 0 Å². The van der Waals surface area contributed by atoms with Gasteiger partial charge in [-0.05, 0) is 36.4 Å². The van der Waals surface area contributed by atoms with E-state index in [0.29, 0.717) is 17.7 Å². The molecule has 0 unspecified atom stereocenters. The molecule has 0 saturated heterocycles. The molecule has 1 N–H and O–H groups in total. The van der Waals surface area contributed by atoms with Crippen LogP contribution in [-0.4, -0.2) is 27.9 Å². The maximum atomic E-state index is 10.4. The summed E-state index contributed by atoms with van der Waals surface area (Å²) in [5.74, 6) is 1.73. The maximum absolute atomic E-state index is 10.4. The molecular formula is C22H19N3O3. The Morgan fingerprint density at radius 1 is 1.11 bits per heavy atom. The molecule has 0 amide bonds. The molecule has 2 atom stereocenters. The maximum Gasteiger partial charge on any atom is 0.213 e. The van der Waals surface area contributed by atoms with Gasteiger partial charge in [0.25, 0.3) is 0 Å². The molecular weight excluding hydrogens is 354 g/mol. The molecule has 5 rings (SSSR count). The second kappa shape index (κ2) is 6.56. The summed E-state index contributed by atoms with van der Waals surface area (Å²) in [5, 5.41) is 17.2. The Morgan fingerprint density at radius 2 is 1.93 bits per heavy atom. The average Bonchev–Trinajstić information content (AvgIpc) is 3.19. The largest absolute Gasteiger partial charge is 0.507 e. The van der Waals surface area contributed by atoms with E-state index in [9.17, 15) is 5.11 Å². The molecule has 2 aliphatic heterocycles. The van der Waals surface area contributed by atoms with Crippen LogP contribution in [0.3, 0.4) is 0 Å². The normalized spacial score (nSPS) is 20.0. The molecule has 0 spiro atoms. The fourth-order valence-corrected chi connectivity index (χ4v) is 3.82. The van der Waals surface area contributed by atoms with Crippen molar-refractivity contribution in [2.24, 2.45) is 5.10 Å². The van der Waals surface area contributed by atoms with E-state index in [-0.39, 0.29) is 18.0 Å². The first-order chi connectivity index (χ1) is 13.7. The van der Waals surface area contributed by atoms with Crippen molar-refractivity contribution in [2.45, 2.75) is 18.7 Å². The molecule has 1 aromatic heterocycles. The molecule has 0 aliphatic carbocycles. The van der Waals surface area contributed by atoms with E-state index in [0.717, 1.165) is 22.6 Å². The second-order valence-electron chi connectivity index (χ2n) is 6.82. The van der Waals surface area contributed by atoms with Crippen molar-refractivity contribution in [3.8, 4) is 17.2 Å². The molecule has 6 heteroatoms. The van der Waals surface area contributed by atoms with Crippen LogP contribution in [-0.2, 0) is 0 Å². The summed E-state index contributed by atoms with van der Waals surface area (Å²) in [4.78, 5) is 4.11. The van der Waals surface area contributed by atoms with Gasteiger partial charge in [-0.2, -0.15) is 5.10 Å². The lowest BCUT2D eigenvalue weighted by Gasteiger charge is -2.38. The van der Waals surface area contributed by atoms with Crippen molar-refractivity contribution in [1.82, 2.24) is 9.99 Å². The van der Waals surface area contributed by atoms with Gasteiger partial charge in [-0.1, -0.05) is 18.2 Å². The zero-order chi connectivity index (χ0) is 19.1. The molecule has 0 saturated carbocycles. The number of ether oxygens (including phenoxy) is 2. The third kappa shape index (κ3) is 2.65. The predicted molar refractivity (Wildman–Crippen MR) is 104 cm³/mol. The summed E-state index contributed by atoms with van der Waals surface area (Å²) >= 11 is 0. The molecule has 0 bridgehead atoms. The van der Waals surface area contributed by atoms with Crippen molar-refractivity contribution >= 4 is 5.71 Å². The van der Waals surface area contributed by atoms with Gasteiger partial charge in [0.05, 0.1) is 18.9 Å². The van der Waals surface area contributed by atoms with Crippen LogP contribution in [0.1, 0.15) is 35.4 Å². The highest BCUT2D eigenvalue weighted by Gasteiger charge is 2.41. The van der Waals surface area contributed by atoms with Gasteiger partial charge in [-0.15, -0.1) is 0 Å². The average molecular weight is 373 g/mol. The Labute approximate surface area is 162 Å². The lowest BCUT2D eigenvalue weighted by molar-refractivity contribution is -0.0190. The summed E-state index contributed by atoms with van der Waals surface area (Å²) in [6.07, 6.45) is 3.82. The monoisotopic (exact) mass is 373 g/mol. The summed E-state index contributed by atoms with van der Waals surface area (Å²) in [7, 11) is 1.61. The first-order valence-electron chi connectivity index (χ1n) is 9.13. The number of phenolic OH excluding ortho intramolecular Hbond substituents is 1. The standard InChI is InChI=1S/C22H19N3O3/c1-27-15-6-7-20(26)17(12-15)18-13-19-16-4-2-3-5-21(16)28-22(25(19)24-18)14-8-10-23-11-9-14/h2-12,19,22,26H,13H2,1H3/t19-,22-/m0/s1. The van der Waals surface area contributed by atoms with Crippen molar-refractivity contribution in [3.05, 3.63) is 83.7 Å². The van der Waals surface area contributed by atoms with E-state index in [4.69, 9.17) is 14.6 Å². The third-order valence-electron chi connectivity index (χ3n) is 5.20. The number of hydrazone groups is 1. The number of benzene rings is 2. The Hall–Kier alpha value is -3.54. The van der Waals surface area contributed by atoms with E-state index in [2.05, 4.69) is 11.1 Å². The van der Waals surface area contributed by atoms with E-state index < -0.39 is 0 Å². The molecule has 0 fully saturated rings. The van der Waals surface area contributed by atoms with Crippen LogP contribution in [0.5, 0.6) is 17.2 Å². The molecule has 28 heavy (non-hydrogen) atoms. The molecule has 6 nitrogen and oxygen atoms in total. The van der Waals surface area contributed by atoms with Crippen LogP contribution >= 0.6 is 0 Å². The second-order valence-corrected chi connectivity index (χ2v) is 6.82. The number of phenols is 1. The zero-order valence-corrected chi connectivity index (χ0v) is 15.3. The number of pyridine rings is 1. The number of nitrogens with zero attached hydrogens (tertiary/aromatic N) is 3. The Morgan fingerprint density at radius 3 is 2.75 bits per heavy atom. The lowest BCUT2D eigenvalue weighted by Crippen LogP contribution is -2.33. The quantitative estimate of drug-likeness (QED) is 0.751. The molecule has 140 valence electrons. The highest BCUT2D eigenvalue weighted by molar-refractivity contribution is 6.04. The first kappa shape index (κ1) is 16.6. The molecule has 2 aliphatic rings. The van der Waals surface area contributed by atoms with Gasteiger partial charge in [-0.25, -0.2) is 5.01 Å². The summed E-state index contributed by atoms with van der Waals surface area (Å²) in [5.41, 5.74) is 3.56. The van der Waals surface area contributed by atoms with E-state index in [1.807, 2.05) is 41.4 Å². The van der Waals surface area contributed by atoms with Crippen LogP contribution < -0.4 is 9.47 Å². The number of hydrogen-bond donors (Lipinski definition) is 1. The minimum Gasteiger partial charge on any atom is -0.507 e. The predicted octanol–water partition coefficient (Wildman–Crippen LogP) is 4.04. The van der Waals surface area contributed by atoms with Crippen LogP contribution in [0.25, 0.3) is 0 Å². The first-order valence-corrected chi connectivity index (χ1v) is 9.13. The van der Waals surface area contributed by atoms with Crippen molar-refractivity contribution in [2.75, 3.05) is 7.11 Å². The Balaban J connectivity index is 1.61. The van der Waals surface area contributed by atoms with Crippen molar-refractivity contribution < 1.29 is 14.6 Å². The van der Waals surface area contributed by atoms with Crippen LogP contribution in [0.15, 0.2) is 72.1 Å². The smallest absolute Gasteiger partial charge is 0.213 e. The molecule has 3 aromatic rings.